The SMILES string of the molecule is CCCCC(C#N)(c1ccc(Cl)cc1)C(Br)I. The summed E-state index contributed by atoms with van der Waals surface area (Å²) in [5, 5.41) is 10.3. The molecule has 0 N–H and O–H groups in total. The third kappa shape index (κ3) is 3.59. The van der Waals surface area contributed by atoms with Gasteiger partial charge in [-0.1, -0.05) is 82.0 Å². The Hall–Kier alpha value is 0.210. The van der Waals surface area contributed by atoms with Crippen LogP contribution in [0.2, 0.25) is 5.02 Å². The van der Waals surface area contributed by atoms with Crippen LogP contribution in [-0.2, 0) is 5.41 Å². The van der Waals surface area contributed by atoms with E-state index in [1.165, 1.54) is 0 Å². The van der Waals surface area contributed by atoms with E-state index in [0.29, 0.717) is 5.02 Å². The third-order valence-corrected chi connectivity index (χ3v) is 4.95. The van der Waals surface area contributed by atoms with Gasteiger partial charge >= 0.3 is 0 Å². The largest absolute Gasteiger partial charge is 0.197 e. The predicted octanol–water partition coefficient (Wildman–Crippen LogP) is 5.45. The highest BCUT2D eigenvalue weighted by Crippen LogP contribution is 2.40. The molecule has 0 fully saturated rings. The van der Waals surface area contributed by atoms with Gasteiger partial charge in [-0.15, -0.1) is 0 Å². The highest BCUT2D eigenvalue weighted by Gasteiger charge is 2.37. The average molecular weight is 427 g/mol. The van der Waals surface area contributed by atoms with Crippen molar-refractivity contribution in [3.05, 3.63) is 34.9 Å². The zero-order valence-corrected chi connectivity index (χ0v) is 14.1. The van der Waals surface area contributed by atoms with Crippen molar-refractivity contribution in [2.45, 2.75) is 34.4 Å². The molecule has 92 valence electrons. The molecule has 0 heterocycles. The molecule has 0 aliphatic rings. The summed E-state index contributed by atoms with van der Waals surface area (Å²) in [5.41, 5.74) is 0.565. The molecular weight excluding hydrogens is 412 g/mol. The van der Waals surface area contributed by atoms with Crippen LogP contribution in [0.4, 0.5) is 0 Å². The molecule has 1 aromatic carbocycles. The van der Waals surface area contributed by atoms with Crippen LogP contribution in [0.3, 0.4) is 0 Å². The molecule has 2 atom stereocenters. The van der Waals surface area contributed by atoms with Crippen molar-refractivity contribution in [1.82, 2.24) is 0 Å². The van der Waals surface area contributed by atoms with Crippen LogP contribution in [0.25, 0.3) is 0 Å². The lowest BCUT2D eigenvalue weighted by atomic mass is 9.79. The summed E-state index contributed by atoms with van der Waals surface area (Å²) in [6.45, 7) is 2.14. The van der Waals surface area contributed by atoms with E-state index in [9.17, 15) is 5.26 Å². The summed E-state index contributed by atoms with van der Waals surface area (Å²) in [7, 11) is 0. The fourth-order valence-electron chi connectivity index (χ4n) is 1.75. The van der Waals surface area contributed by atoms with Gasteiger partial charge in [0.1, 0.15) is 5.41 Å². The second kappa shape index (κ2) is 6.96. The lowest BCUT2D eigenvalue weighted by molar-refractivity contribution is 0.525. The summed E-state index contributed by atoms with van der Waals surface area (Å²) in [6.07, 6.45) is 3.00. The number of rotatable bonds is 5. The van der Waals surface area contributed by atoms with Gasteiger partial charge in [-0.25, -0.2) is 0 Å². The summed E-state index contributed by atoms with van der Waals surface area (Å²) in [4.78, 5) is 0. The maximum absolute atomic E-state index is 9.58. The first-order chi connectivity index (χ1) is 8.06. The zero-order valence-electron chi connectivity index (χ0n) is 9.59. The molecule has 1 aromatic rings. The van der Waals surface area contributed by atoms with E-state index in [-0.39, 0.29) is 2.83 Å². The van der Waals surface area contributed by atoms with E-state index >= 15 is 0 Å². The highest BCUT2D eigenvalue weighted by atomic mass is 127. The maximum atomic E-state index is 9.58. The van der Waals surface area contributed by atoms with Crippen LogP contribution >= 0.6 is 50.1 Å². The fourth-order valence-corrected chi connectivity index (χ4v) is 3.28. The molecule has 17 heavy (non-hydrogen) atoms. The first-order valence-corrected chi connectivity index (χ1v) is 8.06. The Morgan fingerprint density at radius 2 is 2.06 bits per heavy atom. The Labute approximate surface area is 130 Å². The van der Waals surface area contributed by atoms with Gasteiger partial charge < -0.3 is 0 Å². The molecule has 0 bridgehead atoms. The van der Waals surface area contributed by atoms with E-state index in [1.807, 2.05) is 24.3 Å². The number of unbranched alkanes of at least 4 members (excludes halogenated alkanes) is 1. The number of nitrogens with zero attached hydrogens (tertiary/aromatic N) is 1. The smallest absolute Gasteiger partial charge is 0.104 e. The van der Waals surface area contributed by atoms with Crippen molar-refractivity contribution in [1.29, 1.82) is 5.26 Å². The van der Waals surface area contributed by atoms with E-state index < -0.39 is 5.41 Å². The second-order valence-electron chi connectivity index (χ2n) is 3.99. The molecule has 0 amide bonds. The van der Waals surface area contributed by atoms with Crippen molar-refractivity contribution in [2.24, 2.45) is 0 Å². The van der Waals surface area contributed by atoms with E-state index in [1.54, 1.807) is 0 Å². The lowest BCUT2D eigenvalue weighted by Crippen LogP contribution is -2.31. The summed E-state index contributed by atoms with van der Waals surface area (Å²) >= 11 is 11.7. The van der Waals surface area contributed by atoms with E-state index in [4.69, 9.17) is 11.6 Å². The molecule has 0 radical (unpaired) electrons. The van der Waals surface area contributed by atoms with Gasteiger partial charge in [0.15, 0.2) is 0 Å². The van der Waals surface area contributed by atoms with Gasteiger partial charge in [0, 0.05) is 5.02 Å². The van der Waals surface area contributed by atoms with Gasteiger partial charge in [-0.3, -0.25) is 0 Å². The van der Waals surface area contributed by atoms with Crippen molar-refractivity contribution in [3.63, 3.8) is 0 Å². The van der Waals surface area contributed by atoms with Crippen LogP contribution in [0, 0.1) is 11.3 Å². The normalized spacial score (nSPS) is 15.9. The standard InChI is InChI=1S/C13H14BrClIN/c1-2-3-8-13(9-17,12(14)16)10-4-6-11(15)7-5-10/h4-7,12H,2-3,8H2,1H3. The number of hydrogen-bond acceptors (Lipinski definition) is 1. The number of halogens is 3. The van der Waals surface area contributed by atoms with E-state index in [2.05, 4.69) is 51.5 Å². The summed E-state index contributed by atoms with van der Waals surface area (Å²) < 4.78 is 0.0883. The number of hydrogen-bond donors (Lipinski definition) is 0. The monoisotopic (exact) mass is 425 g/mol. The Morgan fingerprint density at radius 1 is 1.47 bits per heavy atom. The quantitative estimate of drug-likeness (QED) is 0.454. The van der Waals surface area contributed by atoms with Gasteiger partial charge in [0.25, 0.3) is 0 Å². The minimum Gasteiger partial charge on any atom is -0.197 e. The molecule has 1 nitrogen and oxygen atoms in total. The molecule has 0 aromatic heterocycles. The van der Waals surface area contributed by atoms with Gasteiger partial charge in [-0.2, -0.15) is 5.26 Å². The molecule has 0 aliphatic carbocycles. The third-order valence-electron chi connectivity index (χ3n) is 2.86. The van der Waals surface area contributed by atoms with Crippen LogP contribution in [0.5, 0.6) is 0 Å². The first kappa shape index (κ1) is 15.3. The number of benzene rings is 1. The van der Waals surface area contributed by atoms with Crippen LogP contribution in [0.1, 0.15) is 31.7 Å². The maximum Gasteiger partial charge on any atom is 0.104 e. The topological polar surface area (TPSA) is 23.8 Å². The molecule has 0 aliphatic heterocycles. The zero-order chi connectivity index (χ0) is 12.9. The van der Waals surface area contributed by atoms with Gasteiger partial charge in [0.2, 0.25) is 0 Å². The van der Waals surface area contributed by atoms with Crippen molar-refractivity contribution in [3.8, 4) is 6.07 Å². The molecule has 4 heteroatoms. The molecule has 0 saturated heterocycles. The average Bonchev–Trinajstić information content (AvgIpc) is 2.32. The van der Waals surface area contributed by atoms with Crippen LogP contribution < -0.4 is 0 Å². The van der Waals surface area contributed by atoms with Gasteiger partial charge in [-0.05, 0) is 24.1 Å². The Kier molecular flexibility index (Phi) is 6.25. The fraction of sp³-hybridized carbons (Fsp3) is 0.462. The minimum atomic E-state index is -0.471. The van der Waals surface area contributed by atoms with Crippen molar-refractivity contribution in [2.75, 3.05) is 0 Å². The molecule has 0 spiro atoms. The number of alkyl halides is 2. The molecular formula is C13H14BrClIN. The molecule has 1 rings (SSSR count). The van der Waals surface area contributed by atoms with Crippen molar-refractivity contribution >= 4 is 50.1 Å². The number of nitriles is 1. The summed E-state index contributed by atoms with van der Waals surface area (Å²) in [6, 6.07) is 10.1. The Bertz CT molecular complexity index is 399. The first-order valence-electron chi connectivity index (χ1n) is 5.52. The van der Waals surface area contributed by atoms with E-state index in [0.717, 1.165) is 24.8 Å². The summed E-state index contributed by atoms with van der Waals surface area (Å²) in [5.74, 6) is 0. The Balaban J connectivity index is 3.13. The highest BCUT2D eigenvalue weighted by molar-refractivity contribution is 14.1. The van der Waals surface area contributed by atoms with Crippen molar-refractivity contribution < 1.29 is 0 Å². The van der Waals surface area contributed by atoms with Crippen LogP contribution in [-0.4, -0.2) is 2.83 Å². The molecule has 0 saturated carbocycles. The molecule has 2 unspecified atom stereocenters. The van der Waals surface area contributed by atoms with Crippen LogP contribution in [0.15, 0.2) is 24.3 Å². The van der Waals surface area contributed by atoms with Gasteiger partial charge in [0.05, 0.1) is 8.90 Å². The second-order valence-corrected chi connectivity index (χ2v) is 8.30. The minimum absolute atomic E-state index is 0.0883. The Morgan fingerprint density at radius 3 is 2.47 bits per heavy atom. The predicted molar refractivity (Wildman–Crippen MR) is 85.0 cm³/mol. The lowest BCUT2D eigenvalue weighted by Gasteiger charge is -2.29.